The number of nitrogens with one attached hydrogen (secondary N) is 2. The molecule has 0 radical (unpaired) electrons. The molecule has 200 valence electrons. The SMILES string of the molecule is Cc1cccc(C(C(=O)Nc2c(C)cccc2Cl)N(C(=O)C(C)NC(=O)OC(C)(C)C)C2CCC2)c1O. The number of phenols is 1. The highest BCUT2D eigenvalue weighted by molar-refractivity contribution is 6.34. The minimum atomic E-state index is -1.16. The zero-order valence-electron chi connectivity index (χ0n) is 22.2. The van der Waals surface area contributed by atoms with E-state index in [-0.39, 0.29) is 11.8 Å². The summed E-state index contributed by atoms with van der Waals surface area (Å²) in [5.41, 5.74) is 1.34. The van der Waals surface area contributed by atoms with Crippen LogP contribution in [-0.4, -0.2) is 45.6 Å². The summed E-state index contributed by atoms with van der Waals surface area (Å²) in [6.45, 7) is 10.3. The zero-order valence-corrected chi connectivity index (χ0v) is 23.0. The van der Waals surface area contributed by atoms with Crippen LogP contribution in [0.15, 0.2) is 36.4 Å². The van der Waals surface area contributed by atoms with Crippen LogP contribution in [0.5, 0.6) is 5.75 Å². The molecule has 0 spiro atoms. The van der Waals surface area contributed by atoms with Gasteiger partial charge in [0.25, 0.3) is 5.91 Å². The first kappa shape index (κ1) is 28.3. The Morgan fingerprint density at radius 3 is 2.27 bits per heavy atom. The fraction of sp³-hybridized carbons (Fsp3) is 0.464. The summed E-state index contributed by atoms with van der Waals surface area (Å²) in [7, 11) is 0. The fourth-order valence-corrected chi connectivity index (χ4v) is 4.52. The van der Waals surface area contributed by atoms with Crippen LogP contribution < -0.4 is 10.6 Å². The number of rotatable bonds is 7. The van der Waals surface area contributed by atoms with Crippen LogP contribution in [-0.2, 0) is 14.3 Å². The number of para-hydroxylation sites is 2. The smallest absolute Gasteiger partial charge is 0.408 e. The molecule has 0 saturated heterocycles. The molecule has 3 N–H and O–H groups in total. The van der Waals surface area contributed by atoms with Crippen molar-refractivity contribution in [2.24, 2.45) is 0 Å². The number of aryl methyl sites for hydroxylation is 2. The topological polar surface area (TPSA) is 108 Å². The molecule has 9 heteroatoms. The minimum absolute atomic E-state index is 0.0663. The first-order chi connectivity index (χ1) is 17.3. The van der Waals surface area contributed by atoms with Gasteiger partial charge < -0.3 is 25.4 Å². The lowest BCUT2D eigenvalue weighted by molar-refractivity contribution is -0.145. The number of nitrogens with zero attached hydrogens (tertiary/aromatic N) is 1. The number of alkyl carbamates (subject to hydrolysis) is 1. The first-order valence-electron chi connectivity index (χ1n) is 12.5. The van der Waals surface area contributed by atoms with Crippen LogP contribution in [0.4, 0.5) is 10.5 Å². The van der Waals surface area contributed by atoms with E-state index < -0.39 is 35.6 Å². The molecule has 1 aliphatic carbocycles. The van der Waals surface area contributed by atoms with Gasteiger partial charge in [-0.2, -0.15) is 0 Å². The van der Waals surface area contributed by atoms with Crippen molar-refractivity contribution in [3.8, 4) is 5.75 Å². The number of aromatic hydroxyl groups is 1. The maximum absolute atomic E-state index is 13.9. The number of phenolic OH excluding ortho intramolecular Hbond substituents is 1. The highest BCUT2D eigenvalue weighted by Gasteiger charge is 2.42. The third kappa shape index (κ3) is 6.74. The highest BCUT2D eigenvalue weighted by atomic mass is 35.5. The van der Waals surface area contributed by atoms with Gasteiger partial charge in [0.05, 0.1) is 10.7 Å². The van der Waals surface area contributed by atoms with E-state index in [1.165, 1.54) is 4.90 Å². The molecule has 0 aromatic heterocycles. The van der Waals surface area contributed by atoms with Gasteiger partial charge in [-0.15, -0.1) is 0 Å². The summed E-state index contributed by atoms with van der Waals surface area (Å²) >= 11 is 6.38. The minimum Gasteiger partial charge on any atom is -0.507 e. The molecule has 2 unspecified atom stereocenters. The second kappa shape index (κ2) is 11.4. The van der Waals surface area contributed by atoms with Crippen LogP contribution in [0.25, 0.3) is 0 Å². The summed E-state index contributed by atoms with van der Waals surface area (Å²) < 4.78 is 5.32. The standard InChI is InChI=1S/C28H36ClN3O5/c1-16-10-8-15-21(29)22(16)31-25(34)23(20-14-7-11-17(2)24(20)33)32(19-12-9-13-19)26(35)18(3)30-27(36)37-28(4,5)6/h7-8,10-11,14-15,18-19,23,33H,9,12-13H2,1-6H3,(H,30,36)(H,31,34). The zero-order chi connectivity index (χ0) is 27.5. The number of benzene rings is 2. The fourth-order valence-electron chi connectivity index (χ4n) is 4.25. The normalized spacial score (nSPS) is 15.2. The molecule has 2 atom stereocenters. The third-order valence-electron chi connectivity index (χ3n) is 6.39. The summed E-state index contributed by atoms with van der Waals surface area (Å²) in [6.07, 6.45) is 1.58. The Hall–Kier alpha value is -3.26. The molecule has 1 saturated carbocycles. The number of amides is 3. The summed E-state index contributed by atoms with van der Waals surface area (Å²) in [5.74, 6) is -1.03. The molecule has 8 nitrogen and oxygen atoms in total. The van der Waals surface area contributed by atoms with Gasteiger partial charge in [-0.05, 0) is 78.0 Å². The Balaban J connectivity index is 2.03. The highest BCUT2D eigenvalue weighted by Crippen LogP contribution is 2.39. The molecule has 3 rings (SSSR count). The van der Waals surface area contributed by atoms with Crippen molar-refractivity contribution < 1.29 is 24.2 Å². The van der Waals surface area contributed by atoms with Crippen molar-refractivity contribution in [3.05, 3.63) is 58.1 Å². The second-order valence-electron chi connectivity index (χ2n) is 10.5. The van der Waals surface area contributed by atoms with Crippen LogP contribution in [0.1, 0.15) is 69.7 Å². The number of carbonyl (C=O) groups excluding carboxylic acids is 3. The van der Waals surface area contributed by atoms with Crippen LogP contribution in [0, 0.1) is 13.8 Å². The molecule has 1 aliphatic rings. The van der Waals surface area contributed by atoms with Gasteiger partial charge in [-0.3, -0.25) is 9.59 Å². The monoisotopic (exact) mass is 529 g/mol. The maximum Gasteiger partial charge on any atom is 0.408 e. The molecular formula is C28H36ClN3O5. The van der Waals surface area contributed by atoms with E-state index in [1.807, 2.05) is 13.0 Å². The van der Waals surface area contributed by atoms with Gasteiger partial charge >= 0.3 is 6.09 Å². The first-order valence-corrected chi connectivity index (χ1v) is 12.8. The maximum atomic E-state index is 13.9. The van der Waals surface area contributed by atoms with E-state index in [4.69, 9.17) is 16.3 Å². The predicted octanol–water partition coefficient (Wildman–Crippen LogP) is 5.64. The van der Waals surface area contributed by atoms with Crippen molar-refractivity contribution in [2.75, 3.05) is 5.32 Å². The number of hydrogen-bond acceptors (Lipinski definition) is 5. The summed E-state index contributed by atoms with van der Waals surface area (Å²) in [4.78, 5) is 41.7. The molecule has 0 heterocycles. The lowest BCUT2D eigenvalue weighted by atomic mass is 9.87. The van der Waals surface area contributed by atoms with Crippen LogP contribution in [0.2, 0.25) is 5.02 Å². The molecule has 37 heavy (non-hydrogen) atoms. The van der Waals surface area contributed by atoms with Gasteiger partial charge in [0.2, 0.25) is 5.91 Å². The van der Waals surface area contributed by atoms with Crippen LogP contribution in [0.3, 0.4) is 0 Å². The van der Waals surface area contributed by atoms with Crippen molar-refractivity contribution >= 4 is 35.2 Å². The van der Waals surface area contributed by atoms with Crippen molar-refractivity contribution in [2.45, 2.75) is 84.5 Å². The van der Waals surface area contributed by atoms with Gasteiger partial charge in [-0.25, -0.2) is 4.79 Å². The van der Waals surface area contributed by atoms with E-state index in [0.717, 1.165) is 12.0 Å². The number of ether oxygens (including phenoxy) is 1. The molecule has 0 bridgehead atoms. The van der Waals surface area contributed by atoms with Crippen LogP contribution >= 0.6 is 11.6 Å². The van der Waals surface area contributed by atoms with Crippen molar-refractivity contribution in [1.29, 1.82) is 0 Å². The Bertz CT molecular complexity index is 1150. The largest absolute Gasteiger partial charge is 0.507 e. The second-order valence-corrected chi connectivity index (χ2v) is 10.9. The van der Waals surface area contributed by atoms with E-state index in [0.29, 0.717) is 34.7 Å². The Morgan fingerprint density at radius 2 is 1.70 bits per heavy atom. The van der Waals surface area contributed by atoms with E-state index in [9.17, 15) is 19.5 Å². The number of carbonyl (C=O) groups is 3. The molecule has 2 aromatic carbocycles. The van der Waals surface area contributed by atoms with Gasteiger partial charge in [-0.1, -0.05) is 41.9 Å². The lowest BCUT2D eigenvalue weighted by Crippen LogP contribution is -2.56. The van der Waals surface area contributed by atoms with Gasteiger partial charge in [0, 0.05) is 11.6 Å². The third-order valence-corrected chi connectivity index (χ3v) is 6.70. The van der Waals surface area contributed by atoms with Crippen molar-refractivity contribution in [3.63, 3.8) is 0 Å². The quantitative estimate of drug-likeness (QED) is 0.430. The summed E-state index contributed by atoms with van der Waals surface area (Å²) in [6, 6.07) is 8.01. The molecule has 0 aliphatic heterocycles. The number of hydrogen-bond donors (Lipinski definition) is 3. The number of anilines is 1. The van der Waals surface area contributed by atoms with Crippen molar-refractivity contribution in [1.82, 2.24) is 10.2 Å². The van der Waals surface area contributed by atoms with Gasteiger partial charge in [0.1, 0.15) is 23.4 Å². The summed E-state index contributed by atoms with van der Waals surface area (Å²) in [5, 5.41) is 16.8. The molecule has 3 amide bonds. The lowest BCUT2D eigenvalue weighted by Gasteiger charge is -2.43. The average Bonchev–Trinajstić information content (AvgIpc) is 2.75. The molecular weight excluding hydrogens is 494 g/mol. The molecule has 2 aromatic rings. The Morgan fingerprint density at radius 1 is 1.08 bits per heavy atom. The average molecular weight is 530 g/mol. The van der Waals surface area contributed by atoms with Gasteiger partial charge in [0.15, 0.2) is 0 Å². The Kier molecular flexibility index (Phi) is 8.74. The Labute approximate surface area is 223 Å². The number of halogens is 1. The predicted molar refractivity (Wildman–Crippen MR) is 144 cm³/mol. The molecule has 1 fully saturated rings. The van der Waals surface area contributed by atoms with E-state index in [1.54, 1.807) is 65.0 Å². The van der Waals surface area contributed by atoms with E-state index >= 15 is 0 Å². The van der Waals surface area contributed by atoms with E-state index in [2.05, 4.69) is 10.6 Å².